The van der Waals surface area contributed by atoms with Gasteiger partial charge in [-0.15, -0.1) is 0 Å². The summed E-state index contributed by atoms with van der Waals surface area (Å²) >= 11 is 0. The van der Waals surface area contributed by atoms with Gasteiger partial charge in [0.2, 0.25) is 17.7 Å². The van der Waals surface area contributed by atoms with Gasteiger partial charge >= 0.3 is 5.97 Å². The molecule has 0 radical (unpaired) electrons. The number of hydrogen-bond acceptors (Lipinski definition) is 5. The standard InChI is InChI=1S/C22H32N4O6/c1-4-16(5-2)13-23-19(28)14-26-12-8-10-18(22(26)32)25-21(31)17(24-15(3)27)9-6-7-11-20(29)30/h7-8,10-12,16-17H,4-6,9,13-14H2,1-3H3,(H,23,28)(H,24,27)(H,25,31)(H,29,30). The third-order valence-electron chi connectivity index (χ3n) is 4.91. The largest absolute Gasteiger partial charge is 0.478 e. The number of aromatic nitrogens is 1. The Labute approximate surface area is 187 Å². The summed E-state index contributed by atoms with van der Waals surface area (Å²) in [6.07, 6.45) is 6.05. The number of carbonyl (C=O) groups excluding carboxylic acids is 3. The summed E-state index contributed by atoms with van der Waals surface area (Å²) in [5, 5.41) is 16.4. The van der Waals surface area contributed by atoms with Crippen molar-refractivity contribution in [3.63, 3.8) is 0 Å². The molecule has 0 bridgehead atoms. The van der Waals surface area contributed by atoms with Crippen molar-refractivity contribution in [3.05, 3.63) is 40.8 Å². The molecule has 10 nitrogen and oxygen atoms in total. The van der Waals surface area contributed by atoms with Crippen LogP contribution in [0.4, 0.5) is 5.69 Å². The fourth-order valence-electron chi connectivity index (χ4n) is 2.98. The second-order valence-electron chi connectivity index (χ2n) is 7.40. The number of hydrogen-bond donors (Lipinski definition) is 4. The number of carboxylic acid groups (broad SMARTS) is 1. The lowest BCUT2D eigenvalue weighted by Crippen LogP contribution is -2.44. The van der Waals surface area contributed by atoms with Crippen LogP contribution in [0.25, 0.3) is 0 Å². The fraction of sp³-hybridized carbons (Fsp3) is 0.500. The zero-order chi connectivity index (χ0) is 24.1. The van der Waals surface area contributed by atoms with Gasteiger partial charge in [-0.05, 0) is 30.9 Å². The lowest BCUT2D eigenvalue weighted by atomic mass is 10.0. The molecule has 0 aliphatic rings. The number of nitrogens with one attached hydrogen (secondary N) is 3. The number of rotatable bonds is 13. The van der Waals surface area contributed by atoms with Gasteiger partial charge in [-0.25, -0.2) is 4.79 Å². The Bertz CT molecular complexity index is 889. The Morgan fingerprint density at radius 1 is 1.19 bits per heavy atom. The van der Waals surface area contributed by atoms with Crippen LogP contribution in [0.1, 0.15) is 46.5 Å². The van der Waals surface area contributed by atoms with Crippen LogP contribution < -0.4 is 21.5 Å². The van der Waals surface area contributed by atoms with E-state index in [2.05, 4.69) is 16.0 Å². The lowest BCUT2D eigenvalue weighted by molar-refractivity contribution is -0.131. The van der Waals surface area contributed by atoms with E-state index in [0.717, 1.165) is 18.9 Å². The summed E-state index contributed by atoms with van der Waals surface area (Å²) in [7, 11) is 0. The van der Waals surface area contributed by atoms with E-state index < -0.39 is 29.4 Å². The van der Waals surface area contributed by atoms with E-state index in [4.69, 9.17) is 5.11 Å². The molecule has 32 heavy (non-hydrogen) atoms. The van der Waals surface area contributed by atoms with Crippen molar-refractivity contribution < 1.29 is 24.3 Å². The molecular formula is C22H32N4O6. The molecular weight excluding hydrogens is 416 g/mol. The van der Waals surface area contributed by atoms with Gasteiger partial charge < -0.3 is 25.6 Å². The van der Waals surface area contributed by atoms with Gasteiger partial charge in [0.15, 0.2) is 0 Å². The van der Waals surface area contributed by atoms with E-state index in [9.17, 15) is 24.0 Å². The third kappa shape index (κ3) is 9.59. The topological polar surface area (TPSA) is 147 Å². The molecule has 1 aromatic rings. The van der Waals surface area contributed by atoms with Crippen molar-refractivity contribution in [1.29, 1.82) is 0 Å². The second-order valence-corrected chi connectivity index (χ2v) is 7.40. The summed E-state index contributed by atoms with van der Waals surface area (Å²) in [6, 6.07) is 1.99. The molecule has 1 unspecified atom stereocenters. The monoisotopic (exact) mass is 448 g/mol. The van der Waals surface area contributed by atoms with Gasteiger partial charge in [0, 0.05) is 25.7 Å². The average Bonchev–Trinajstić information content (AvgIpc) is 2.73. The zero-order valence-electron chi connectivity index (χ0n) is 18.7. The average molecular weight is 449 g/mol. The zero-order valence-corrected chi connectivity index (χ0v) is 18.7. The van der Waals surface area contributed by atoms with Gasteiger partial charge in [0.25, 0.3) is 5.56 Å². The molecule has 0 saturated carbocycles. The summed E-state index contributed by atoms with van der Waals surface area (Å²) < 4.78 is 1.20. The second kappa shape index (κ2) is 13.8. The normalized spacial score (nSPS) is 11.9. The van der Waals surface area contributed by atoms with Crippen molar-refractivity contribution in [3.8, 4) is 0 Å². The predicted octanol–water partition coefficient (Wildman–Crippen LogP) is 1.26. The highest BCUT2D eigenvalue weighted by Crippen LogP contribution is 2.06. The van der Waals surface area contributed by atoms with Crippen LogP contribution in [0.5, 0.6) is 0 Å². The van der Waals surface area contributed by atoms with Gasteiger partial charge in [0.05, 0.1) is 0 Å². The van der Waals surface area contributed by atoms with Crippen LogP contribution in [0, 0.1) is 5.92 Å². The molecule has 1 aromatic heterocycles. The van der Waals surface area contributed by atoms with Crippen molar-refractivity contribution in [2.75, 3.05) is 11.9 Å². The lowest BCUT2D eigenvalue weighted by Gasteiger charge is -2.17. The molecule has 1 rings (SSSR count). The quantitative estimate of drug-likeness (QED) is 0.334. The Hall–Kier alpha value is -3.43. The minimum Gasteiger partial charge on any atom is -0.478 e. The molecule has 1 heterocycles. The first-order valence-corrected chi connectivity index (χ1v) is 10.6. The molecule has 3 amide bonds. The highest BCUT2D eigenvalue weighted by atomic mass is 16.4. The van der Waals surface area contributed by atoms with Crippen molar-refractivity contribution in [2.45, 2.75) is 59.0 Å². The Balaban J connectivity index is 2.83. The van der Waals surface area contributed by atoms with Crippen LogP contribution in [0.2, 0.25) is 0 Å². The molecule has 0 aromatic carbocycles. The Morgan fingerprint density at radius 3 is 2.47 bits per heavy atom. The third-order valence-corrected chi connectivity index (χ3v) is 4.91. The summed E-state index contributed by atoms with van der Waals surface area (Å²) in [5.74, 6) is -2.09. The number of aliphatic carboxylic acids is 1. The maximum Gasteiger partial charge on any atom is 0.327 e. The smallest absolute Gasteiger partial charge is 0.327 e. The minimum absolute atomic E-state index is 0.0262. The highest BCUT2D eigenvalue weighted by Gasteiger charge is 2.20. The maximum absolute atomic E-state index is 12.7. The van der Waals surface area contributed by atoms with Crippen LogP contribution in [-0.4, -0.2) is 46.0 Å². The predicted molar refractivity (Wildman–Crippen MR) is 120 cm³/mol. The van der Waals surface area contributed by atoms with Crippen LogP contribution >= 0.6 is 0 Å². The number of anilines is 1. The molecule has 0 aliphatic heterocycles. The molecule has 0 fully saturated rings. The molecule has 0 saturated heterocycles. The fourth-order valence-corrected chi connectivity index (χ4v) is 2.98. The summed E-state index contributed by atoms with van der Waals surface area (Å²) in [4.78, 5) is 59.5. The van der Waals surface area contributed by atoms with Crippen molar-refractivity contribution in [1.82, 2.24) is 15.2 Å². The van der Waals surface area contributed by atoms with E-state index >= 15 is 0 Å². The number of carbonyl (C=O) groups is 4. The number of allylic oxidation sites excluding steroid dienone is 1. The Kier molecular flexibility index (Phi) is 11.5. The minimum atomic E-state index is -1.11. The van der Waals surface area contributed by atoms with Crippen LogP contribution in [-0.2, 0) is 25.7 Å². The van der Waals surface area contributed by atoms with E-state index in [-0.39, 0.29) is 31.0 Å². The molecule has 4 N–H and O–H groups in total. The maximum atomic E-state index is 12.7. The van der Waals surface area contributed by atoms with Crippen molar-refractivity contribution >= 4 is 29.4 Å². The number of nitrogens with zero attached hydrogens (tertiary/aromatic N) is 1. The molecule has 0 aliphatic carbocycles. The van der Waals surface area contributed by atoms with Gasteiger partial charge in [-0.3, -0.25) is 19.2 Å². The van der Waals surface area contributed by atoms with Gasteiger partial charge in [0.1, 0.15) is 18.3 Å². The van der Waals surface area contributed by atoms with Gasteiger partial charge in [-0.1, -0.05) is 32.8 Å². The van der Waals surface area contributed by atoms with E-state index in [1.54, 1.807) is 0 Å². The number of pyridine rings is 1. The molecule has 176 valence electrons. The molecule has 10 heteroatoms. The first-order valence-electron chi connectivity index (χ1n) is 10.6. The first kappa shape index (κ1) is 26.6. The molecule has 0 spiro atoms. The number of carboxylic acids is 1. The van der Waals surface area contributed by atoms with E-state index in [0.29, 0.717) is 12.5 Å². The summed E-state index contributed by atoms with van der Waals surface area (Å²) in [6.45, 7) is 5.70. The highest BCUT2D eigenvalue weighted by molar-refractivity contribution is 5.96. The summed E-state index contributed by atoms with van der Waals surface area (Å²) in [5.41, 5.74) is -0.576. The Morgan fingerprint density at radius 2 is 1.88 bits per heavy atom. The van der Waals surface area contributed by atoms with E-state index in [1.807, 2.05) is 13.8 Å². The van der Waals surface area contributed by atoms with Crippen LogP contribution in [0.15, 0.2) is 35.3 Å². The first-order chi connectivity index (χ1) is 15.2. The van der Waals surface area contributed by atoms with Crippen molar-refractivity contribution in [2.24, 2.45) is 5.92 Å². The number of amides is 3. The van der Waals surface area contributed by atoms with E-state index in [1.165, 1.54) is 35.9 Å². The van der Waals surface area contributed by atoms with Gasteiger partial charge in [-0.2, -0.15) is 0 Å². The molecule has 1 atom stereocenters. The SMILES string of the molecule is CCC(CC)CNC(=O)Cn1cccc(NC(=O)C(CCC=CC(=O)O)NC(C)=O)c1=O. The van der Waals surface area contributed by atoms with Crippen LogP contribution in [0.3, 0.4) is 0 Å².